The van der Waals surface area contributed by atoms with Crippen LogP contribution in [0.15, 0.2) is 29.3 Å². The van der Waals surface area contributed by atoms with Gasteiger partial charge in [-0.2, -0.15) is 4.99 Å². The van der Waals surface area contributed by atoms with E-state index in [1.807, 2.05) is 0 Å². The summed E-state index contributed by atoms with van der Waals surface area (Å²) in [5.41, 5.74) is 0.692. The maximum atomic E-state index is 12.2. The van der Waals surface area contributed by atoms with E-state index in [2.05, 4.69) is 22.4 Å². The third-order valence-corrected chi connectivity index (χ3v) is 4.25. The molecule has 1 aliphatic heterocycles. The molecule has 1 heterocycles. The summed E-state index contributed by atoms with van der Waals surface area (Å²) < 4.78 is 16.4. The molecule has 1 aromatic rings. The van der Waals surface area contributed by atoms with Crippen molar-refractivity contribution in [3.05, 3.63) is 24.3 Å². The SMILES string of the molecule is O=C(Oc1ccc(N=C=S)cc1)C1CCC(OCC2CO2)CC1. The summed E-state index contributed by atoms with van der Waals surface area (Å²) in [6.45, 7) is 1.49. The van der Waals surface area contributed by atoms with Crippen LogP contribution in [0.3, 0.4) is 0 Å². The Morgan fingerprint density at radius 2 is 1.96 bits per heavy atom. The molecule has 1 saturated heterocycles. The Balaban J connectivity index is 1.44. The number of carbonyl (C=O) groups excluding carboxylic acids is 1. The van der Waals surface area contributed by atoms with Crippen molar-refractivity contribution in [2.75, 3.05) is 13.2 Å². The molecule has 5 nitrogen and oxygen atoms in total. The highest BCUT2D eigenvalue weighted by Crippen LogP contribution is 2.29. The number of epoxide rings is 1. The zero-order valence-electron chi connectivity index (χ0n) is 12.8. The summed E-state index contributed by atoms with van der Waals surface area (Å²) in [5.74, 6) is 0.313. The molecule has 6 heteroatoms. The Labute approximate surface area is 140 Å². The molecule has 0 radical (unpaired) electrons. The van der Waals surface area contributed by atoms with E-state index in [0.29, 0.717) is 24.1 Å². The molecule has 1 aliphatic carbocycles. The van der Waals surface area contributed by atoms with E-state index < -0.39 is 0 Å². The van der Waals surface area contributed by atoms with Crippen molar-refractivity contribution in [3.8, 4) is 5.75 Å². The number of aliphatic imine (C=N–C) groups is 1. The molecule has 0 amide bonds. The van der Waals surface area contributed by atoms with E-state index in [1.165, 1.54) is 0 Å². The Hall–Kier alpha value is -1.59. The number of isothiocyanates is 1. The predicted octanol–water partition coefficient (Wildman–Crippen LogP) is 3.30. The molecular formula is C17H19NO4S. The van der Waals surface area contributed by atoms with E-state index >= 15 is 0 Å². The van der Waals surface area contributed by atoms with Crippen molar-refractivity contribution in [3.63, 3.8) is 0 Å². The maximum Gasteiger partial charge on any atom is 0.314 e. The molecule has 1 unspecified atom stereocenters. The van der Waals surface area contributed by atoms with Gasteiger partial charge < -0.3 is 14.2 Å². The van der Waals surface area contributed by atoms with Gasteiger partial charge >= 0.3 is 5.97 Å². The van der Waals surface area contributed by atoms with E-state index in [0.717, 1.165) is 32.3 Å². The normalized spacial score (nSPS) is 26.2. The van der Waals surface area contributed by atoms with Crippen LogP contribution in [-0.2, 0) is 14.3 Å². The van der Waals surface area contributed by atoms with Gasteiger partial charge in [0.25, 0.3) is 0 Å². The maximum absolute atomic E-state index is 12.2. The van der Waals surface area contributed by atoms with Gasteiger partial charge in [-0.1, -0.05) is 0 Å². The number of thiocarbonyl (C=S) groups is 1. The average Bonchev–Trinajstić information content (AvgIpc) is 3.40. The van der Waals surface area contributed by atoms with E-state index in [1.54, 1.807) is 24.3 Å². The molecule has 0 spiro atoms. The van der Waals surface area contributed by atoms with Crippen LogP contribution in [0.4, 0.5) is 5.69 Å². The monoisotopic (exact) mass is 333 g/mol. The molecule has 0 N–H and O–H groups in total. The van der Waals surface area contributed by atoms with Gasteiger partial charge in [0, 0.05) is 0 Å². The van der Waals surface area contributed by atoms with Crippen LogP contribution in [0, 0.1) is 5.92 Å². The van der Waals surface area contributed by atoms with Crippen molar-refractivity contribution in [2.24, 2.45) is 10.9 Å². The van der Waals surface area contributed by atoms with Crippen LogP contribution in [0.2, 0.25) is 0 Å². The fourth-order valence-corrected chi connectivity index (χ4v) is 2.82. The first-order chi connectivity index (χ1) is 11.2. The van der Waals surface area contributed by atoms with Crippen molar-refractivity contribution < 1.29 is 19.0 Å². The molecule has 1 atom stereocenters. The topological polar surface area (TPSA) is 60.4 Å². The van der Waals surface area contributed by atoms with Crippen LogP contribution in [0.5, 0.6) is 5.75 Å². The van der Waals surface area contributed by atoms with Crippen molar-refractivity contribution in [1.82, 2.24) is 0 Å². The van der Waals surface area contributed by atoms with Gasteiger partial charge in [0.15, 0.2) is 0 Å². The highest BCUT2D eigenvalue weighted by molar-refractivity contribution is 7.78. The van der Waals surface area contributed by atoms with Gasteiger partial charge in [-0.3, -0.25) is 4.79 Å². The first-order valence-corrected chi connectivity index (χ1v) is 8.28. The Morgan fingerprint density at radius 3 is 2.57 bits per heavy atom. The predicted molar refractivity (Wildman–Crippen MR) is 88.2 cm³/mol. The number of hydrogen-bond donors (Lipinski definition) is 0. The summed E-state index contributed by atoms with van der Waals surface area (Å²) >= 11 is 4.55. The summed E-state index contributed by atoms with van der Waals surface area (Å²) in [4.78, 5) is 16.1. The fourth-order valence-electron chi connectivity index (χ4n) is 2.71. The first kappa shape index (κ1) is 16.3. The lowest BCUT2D eigenvalue weighted by Crippen LogP contribution is -2.29. The number of ether oxygens (including phenoxy) is 3. The third kappa shape index (κ3) is 4.94. The lowest BCUT2D eigenvalue weighted by molar-refractivity contribution is -0.141. The van der Waals surface area contributed by atoms with E-state index in [9.17, 15) is 4.79 Å². The molecule has 23 heavy (non-hydrogen) atoms. The number of rotatable bonds is 6. The molecule has 2 aliphatic rings. The smallest absolute Gasteiger partial charge is 0.314 e. The second-order valence-electron chi connectivity index (χ2n) is 5.88. The number of hydrogen-bond acceptors (Lipinski definition) is 6. The Bertz CT molecular complexity index is 585. The Kier molecular flexibility index (Phi) is 5.51. The lowest BCUT2D eigenvalue weighted by atomic mass is 9.87. The second-order valence-corrected chi connectivity index (χ2v) is 6.06. The number of nitrogens with zero attached hydrogens (tertiary/aromatic N) is 1. The zero-order chi connectivity index (χ0) is 16.1. The molecule has 122 valence electrons. The van der Waals surface area contributed by atoms with Crippen molar-refractivity contribution >= 4 is 29.0 Å². The number of esters is 1. The number of carbonyl (C=O) groups is 1. The van der Waals surface area contributed by atoms with Crippen LogP contribution in [0.25, 0.3) is 0 Å². The summed E-state index contributed by atoms with van der Waals surface area (Å²) in [6.07, 6.45) is 3.95. The highest BCUT2D eigenvalue weighted by atomic mass is 32.1. The van der Waals surface area contributed by atoms with Crippen LogP contribution in [0.1, 0.15) is 25.7 Å². The van der Waals surface area contributed by atoms with Gasteiger partial charge in [-0.05, 0) is 62.2 Å². The standard InChI is InChI=1S/C17H19NO4S/c19-17(22-15-7-3-13(4-8-15)18-11-23)12-1-5-14(6-2-12)20-9-16-10-21-16/h3-4,7-8,12,14,16H,1-2,5-6,9-10H2. The first-order valence-electron chi connectivity index (χ1n) is 7.87. The quantitative estimate of drug-likeness (QED) is 0.263. The highest BCUT2D eigenvalue weighted by Gasteiger charge is 2.30. The third-order valence-electron chi connectivity index (χ3n) is 4.16. The summed E-state index contributed by atoms with van der Waals surface area (Å²) in [7, 11) is 0. The van der Waals surface area contributed by atoms with Gasteiger partial charge in [-0.25, -0.2) is 0 Å². The van der Waals surface area contributed by atoms with E-state index in [4.69, 9.17) is 14.2 Å². The van der Waals surface area contributed by atoms with Gasteiger partial charge in [0.1, 0.15) is 11.9 Å². The van der Waals surface area contributed by atoms with Crippen molar-refractivity contribution in [2.45, 2.75) is 37.9 Å². The zero-order valence-corrected chi connectivity index (χ0v) is 13.6. The van der Waals surface area contributed by atoms with Crippen molar-refractivity contribution in [1.29, 1.82) is 0 Å². The van der Waals surface area contributed by atoms with Gasteiger partial charge in [-0.15, -0.1) is 0 Å². The lowest BCUT2D eigenvalue weighted by Gasteiger charge is -2.27. The minimum absolute atomic E-state index is 0.0503. The molecule has 1 aromatic carbocycles. The van der Waals surface area contributed by atoms with Crippen LogP contribution in [-0.4, -0.2) is 36.6 Å². The molecule has 1 saturated carbocycles. The minimum Gasteiger partial charge on any atom is -0.426 e. The largest absolute Gasteiger partial charge is 0.426 e. The van der Waals surface area contributed by atoms with E-state index in [-0.39, 0.29) is 18.0 Å². The molecule has 0 bridgehead atoms. The Morgan fingerprint density at radius 1 is 1.26 bits per heavy atom. The molecular weight excluding hydrogens is 314 g/mol. The molecule has 3 rings (SSSR count). The average molecular weight is 333 g/mol. The molecule has 2 fully saturated rings. The summed E-state index contributed by atoms with van der Waals surface area (Å²) in [5, 5.41) is 2.30. The van der Waals surface area contributed by atoms with Gasteiger partial charge in [0.05, 0.1) is 36.1 Å². The summed E-state index contributed by atoms with van der Waals surface area (Å²) in [6, 6.07) is 6.92. The second kappa shape index (κ2) is 7.79. The fraction of sp³-hybridized carbons (Fsp3) is 0.529. The van der Waals surface area contributed by atoms with Gasteiger partial charge in [0.2, 0.25) is 0 Å². The number of benzene rings is 1. The van der Waals surface area contributed by atoms with Crippen LogP contribution >= 0.6 is 12.2 Å². The molecule has 0 aromatic heterocycles. The minimum atomic E-state index is -0.167. The van der Waals surface area contributed by atoms with Crippen LogP contribution < -0.4 is 4.74 Å².